The molecule has 0 spiro atoms. The zero-order valence-corrected chi connectivity index (χ0v) is 19.3. The normalized spacial score (nSPS) is 16.6. The van der Waals surface area contributed by atoms with E-state index in [9.17, 15) is 9.59 Å². The van der Waals surface area contributed by atoms with Gasteiger partial charge in [-0.1, -0.05) is 36.9 Å². The highest BCUT2D eigenvalue weighted by molar-refractivity contribution is 6.04. The third-order valence-electron chi connectivity index (χ3n) is 6.04. The Hall–Kier alpha value is -3.45. The number of para-hydroxylation sites is 1. The van der Waals surface area contributed by atoms with E-state index in [2.05, 4.69) is 27.4 Å². The summed E-state index contributed by atoms with van der Waals surface area (Å²) >= 11 is 0. The van der Waals surface area contributed by atoms with Gasteiger partial charge in [0.2, 0.25) is 11.9 Å². The molecule has 2 heterocycles. The van der Waals surface area contributed by atoms with Crippen molar-refractivity contribution < 1.29 is 9.59 Å². The summed E-state index contributed by atoms with van der Waals surface area (Å²) in [7, 11) is 4.07. The molecule has 3 aromatic rings. The first-order chi connectivity index (χ1) is 16.0. The summed E-state index contributed by atoms with van der Waals surface area (Å²) in [6.07, 6.45) is 4.22. The first-order valence-corrected chi connectivity index (χ1v) is 11.4. The van der Waals surface area contributed by atoms with Gasteiger partial charge in [0.1, 0.15) is 0 Å². The Labute approximate surface area is 194 Å². The van der Waals surface area contributed by atoms with Gasteiger partial charge in [-0.05, 0) is 63.2 Å². The fourth-order valence-electron chi connectivity index (χ4n) is 4.55. The monoisotopic (exact) mass is 445 g/mol. The number of fused-ring (bicyclic) bond motifs is 1. The van der Waals surface area contributed by atoms with E-state index in [0.717, 1.165) is 42.4 Å². The summed E-state index contributed by atoms with van der Waals surface area (Å²) in [4.78, 5) is 34.3. The lowest BCUT2D eigenvalue weighted by atomic mass is 10.1. The Morgan fingerprint density at radius 1 is 1.15 bits per heavy atom. The minimum atomic E-state index is -0.200. The number of rotatable bonds is 6. The second-order valence-corrected chi connectivity index (χ2v) is 8.79. The van der Waals surface area contributed by atoms with Gasteiger partial charge in [0.15, 0.2) is 0 Å². The van der Waals surface area contributed by atoms with E-state index in [4.69, 9.17) is 4.98 Å². The standard InChI is InChI=1S/C26H31N5O2/c1-4-23(32)30-16-9-8-14-21(18-30)31-24-20(17-29(2)3)13-10-15-22(24)27-26(31)28-25(33)19-11-6-5-7-12-19/h4-7,10-13,15,21H,1,8-9,14,16-18H2,2-3H3,(H,27,28,33). The number of carbonyl (C=O) groups excluding carboxylic acids is 2. The molecule has 33 heavy (non-hydrogen) atoms. The van der Waals surface area contributed by atoms with Crippen LogP contribution in [0.1, 0.15) is 41.2 Å². The molecule has 0 saturated carbocycles. The maximum Gasteiger partial charge on any atom is 0.257 e. The lowest BCUT2D eigenvalue weighted by Crippen LogP contribution is -2.34. The van der Waals surface area contributed by atoms with Gasteiger partial charge in [0.25, 0.3) is 5.91 Å². The highest BCUT2D eigenvalue weighted by atomic mass is 16.2. The van der Waals surface area contributed by atoms with Gasteiger partial charge in [-0.15, -0.1) is 0 Å². The van der Waals surface area contributed by atoms with Crippen molar-refractivity contribution in [3.05, 3.63) is 72.3 Å². The SMILES string of the molecule is C=CC(=O)N1CCCCC(n2c(NC(=O)c3ccccc3)nc3cccc(CN(C)C)c32)C1. The van der Waals surface area contributed by atoms with Crippen LogP contribution in [0.15, 0.2) is 61.2 Å². The van der Waals surface area contributed by atoms with Crippen LogP contribution >= 0.6 is 0 Å². The van der Waals surface area contributed by atoms with Gasteiger partial charge in [0, 0.05) is 25.2 Å². The number of likely N-dealkylation sites (tertiary alicyclic amines) is 1. The Morgan fingerprint density at radius 2 is 1.94 bits per heavy atom. The minimum Gasteiger partial charge on any atom is -0.337 e. The van der Waals surface area contributed by atoms with Gasteiger partial charge in [-0.25, -0.2) is 4.98 Å². The number of anilines is 1. The van der Waals surface area contributed by atoms with E-state index in [1.54, 1.807) is 12.1 Å². The molecule has 0 aliphatic carbocycles. The molecule has 1 fully saturated rings. The van der Waals surface area contributed by atoms with Gasteiger partial charge in [-0.2, -0.15) is 0 Å². The largest absolute Gasteiger partial charge is 0.337 e. The Balaban J connectivity index is 1.81. The van der Waals surface area contributed by atoms with Crippen LogP contribution in [0.4, 0.5) is 5.95 Å². The van der Waals surface area contributed by atoms with Crippen LogP contribution in [0.3, 0.4) is 0 Å². The molecule has 2 amide bonds. The van der Waals surface area contributed by atoms with Crippen LogP contribution in [0.2, 0.25) is 0 Å². The molecule has 1 aliphatic heterocycles. The van der Waals surface area contributed by atoms with Crippen molar-refractivity contribution in [2.24, 2.45) is 0 Å². The highest BCUT2D eigenvalue weighted by Gasteiger charge is 2.27. The second kappa shape index (κ2) is 10.0. The van der Waals surface area contributed by atoms with Crippen molar-refractivity contribution in [2.45, 2.75) is 31.8 Å². The summed E-state index contributed by atoms with van der Waals surface area (Å²) < 4.78 is 2.14. The van der Waals surface area contributed by atoms with Gasteiger partial charge >= 0.3 is 0 Å². The number of imidazole rings is 1. The van der Waals surface area contributed by atoms with Crippen LogP contribution in [0, 0.1) is 0 Å². The molecule has 2 aromatic carbocycles. The Morgan fingerprint density at radius 3 is 2.67 bits per heavy atom. The second-order valence-electron chi connectivity index (χ2n) is 8.79. The number of nitrogens with one attached hydrogen (secondary N) is 1. The first kappa shape index (κ1) is 22.7. The van der Waals surface area contributed by atoms with Crippen LogP contribution < -0.4 is 5.32 Å². The molecule has 1 unspecified atom stereocenters. The van der Waals surface area contributed by atoms with Crippen molar-refractivity contribution in [3.63, 3.8) is 0 Å². The fourth-order valence-corrected chi connectivity index (χ4v) is 4.55. The molecule has 0 radical (unpaired) electrons. The van der Waals surface area contributed by atoms with Crippen molar-refractivity contribution in [1.82, 2.24) is 19.4 Å². The van der Waals surface area contributed by atoms with Crippen LogP contribution in [0.5, 0.6) is 0 Å². The number of carbonyl (C=O) groups is 2. The van der Waals surface area contributed by atoms with Gasteiger partial charge < -0.3 is 14.4 Å². The lowest BCUT2D eigenvalue weighted by molar-refractivity contribution is -0.126. The average molecular weight is 446 g/mol. The third-order valence-corrected chi connectivity index (χ3v) is 6.04. The van der Waals surface area contributed by atoms with Crippen LogP contribution in [0.25, 0.3) is 11.0 Å². The molecule has 1 N–H and O–H groups in total. The van der Waals surface area contributed by atoms with Crippen LogP contribution in [-0.4, -0.2) is 58.4 Å². The molecule has 1 aromatic heterocycles. The van der Waals surface area contributed by atoms with Gasteiger partial charge in [0.05, 0.1) is 17.1 Å². The Kier molecular flexibility index (Phi) is 6.89. The summed E-state index contributed by atoms with van der Waals surface area (Å²) in [5, 5.41) is 3.05. The lowest BCUT2D eigenvalue weighted by Gasteiger charge is -2.27. The first-order valence-electron chi connectivity index (χ1n) is 11.4. The predicted molar refractivity (Wildman–Crippen MR) is 131 cm³/mol. The number of nitrogens with zero attached hydrogens (tertiary/aromatic N) is 4. The van der Waals surface area contributed by atoms with E-state index in [-0.39, 0.29) is 17.9 Å². The molecule has 7 nitrogen and oxygen atoms in total. The van der Waals surface area contributed by atoms with Crippen molar-refractivity contribution in [3.8, 4) is 0 Å². The molecule has 0 bridgehead atoms. The number of aromatic nitrogens is 2. The zero-order valence-electron chi connectivity index (χ0n) is 19.3. The van der Waals surface area contributed by atoms with E-state index < -0.39 is 0 Å². The summed E-state index contributed by atoms with van der Waals surface area (Å²) in [5.74, 6) is 0.256. The molecular formula is C26H31N5O2. The topological polar surface area (TPSA) is 70.5 Å². The fraction of sp³-hybridized carbons (Fsp3) is 0.346. The molecule has 1 atom stereocenters. The predicted octanol–water partition coefficient (Wildman–Crippen LogP) is 4.09. The zero-order chi connectivity index (χ0) is 23.4. The average Bonchev–Trinajstić information content (AvgIpc) is 3.00. The molecule has 1 aliphatic rings. The van der Waals surface area contributed by atoms with E-state index >= 15 is 0 Å². The van der Waals surface area contributed by atoms with Crippen molar-refractivity contribution >= 4 is 28.8 Å². The van der Waals surface area contributed by atoms with E-state index in [0.29, 0.717) is 24.6 Å². The molecule has 1 saturated heterocycles. The minimum absolute atomic E-state index is 0.00390. The van der Waals surface area contributed by atoms with E-state index in [1.807, 2.05) is 49.3 Å². The van der Waals surface area contributed by atoms with Crippen molar-refractivity contribution in [1.29, 1.82) is 0 Å². The van der Waals surface area contributed by atoms with Crippen LogP contribution in [-0.2, 0) is 11.3 Å². The molecule has 7 heteroatoms. The molecular weight excluding hydrogens is 414 g/mol. The summed E-state index contributed by atoms with van der Waals surface area (Å²) in [6.45, 7) is 5.68. The number of amides is 2. The number of benzene rings is 2. The quantitative estimate of drug-likeness (QED) is 0.580. The van der Waals surface area contributed by atoms with E-state index in [1.165, 1.54) is 6.08 Å². The summed E-state index contributed by atoms with van der Waals surface area (Å²) in [5.41, 5.74) is 3.56. The number of hydrogen-bond acceptors (Lipinski definition) is 4. The maximum atomic E-state index is 13.0. The number of hydrogen-bond donors (Lipinski definition) is 1. The molecule has 172 valence electrons. The maximum absolute atomic E-state index is 13.0. The Bertz CT molecular complexity index is 1150. The smallest absolute Gasteiger partial charge is 0.257 e. The third kappa shape index (κ3) is 4.98. The molecule has 4 rings (SSSR count). The van der Waals surface area contributed by atoms with Gasteiger partial charge in [-0.3, -0.25) is 14.9 Å². The van der Waals surface area contributed by atoms with Crippen molar-refractivity contribution in [2.75, 3.05) is 32.5 Å². The highest BCUT2D eigenvalue weighted by Crippen LogP contribution is 2.32. The summed E-state index contributed by atoms with van der Waals surface area (Å²) in [6, 6.07) is 15.2.